The van der Waals surface area contributed by atoms with E-state index in [1.165, 1.54) is 18.2 Å². The lowest BCUT2D eigenvalue weighted by Crippen LogP contribution is -2.46. The van der Waals surface area contributed by atoms with Gasteiger partial charge in [0.1, 0.15) is 39.0 Å². The molecule has 3 aliphatic rings. The van der Waals surface area contributed by atoms with Crippen LogP contribution >= 0.6 is 24.0 Å². The maximum Gasteiger partial charge on any atom is 0.408 e. The molecular weight excluding hydrogens is 671 g/mol. The van der Waals surface area contributed by atoms with Gasteiger partial charge in [0.05, 0.1) is 32.2 Å². The zero-order chi connectivity index (χ0) is 35.5. The summed E-state index contributed by atoms with van der Waals surface area (Å²) >= 11 is 6.98. The number of nitrogens with one attached hydrogen (secondary N) is 1. The normalized spacial score (nSPS) is 21.6. The summed E-state index contributed by atoms with van der Waals surface area (Å²) in [6.07, 6.45) is 5.70. The summed E-state index contributed by atoms with van der Waals surface area (Å²) in [6.45, 7) is 5.00. The second-order valence-electron chi connectivity index (χ2n) is 13.5. The molecule has 264 valence electrons. The Kier molecular flexibility index (Phi) is 11.3. The summed E-state index contributed by atoms with van der Waals surface area (Å²) in [7, 11) is 3.13. The number of benzene rings is 1. The van der Waals surface area contributed by atoms with E-state index in [0.717, 1.165) is 24.8 Å². The van der Waals surface area contributed by atoms with Gasteiger partial charge in [-0.15, -0.1) is 0 Å². The number of fused-ring (bicyclic) bond motifs is 2. The van der Waals surface area contributed by atoms with Gasteiger partial charge >= 0.3 is 12.1 Å². The molecule has 3 amide bonds. The van der Waals surface area contributed by atoms with Gasteiger partial charge in [-0.3, -0.25) is 14.5 Å². The van der Waals surface area contributed by atoms with Gasteiger partial charge < -0.3 is 34.4 Å². The molecule has 3 N–H and O–H groups in total. The van der Waals surface area contributed by atoms with Crippen LogP contribution in [0.2, 0.25) is 0 Å². The van der Waals surface area contributed by atoms with E-state index < -0.39 is 36.0 Å². The molecule has 1 aliphatic heterocycles. The Hall–Kier alpha value is -4.04. The Balaban J connectivity index is 1.33. The monoisotopic (exact) mass is 713 g/mol. The largest absolute Gasteiger partial charge is 0.497 e. The first-order valence-electron chi connectivity index (χ1n) is 16.3. The lowest BCUT2D eigenvalue weighted by atomic mass is 9.94. The number of primary amides is 1. The van der Waals surface area contributed by atoms with Crippen molar-refractivity contribution in [3.63, 3.8) is 0 Å². The number of carbonyl (C=O) groups is 4. The molecule has 1 aromatic carbocycles. The highest BCUT2D eigenvalue weighted by molar-refractivity contribution is 8.26. The molecular formula is C35H43N3O9S2. The summed E-state index contributed by atoms with van der Waals surface area (Å²) < 4.78 is 28.5. The van der Waals surface area contributed by atoms with Crippen molar-refractivity contribution in [2.45, 2.75) is 83.4 Å². The van der Waals surface area contributed by atoms with Crippen LogP contribution in [0.25, 0.3) is 17.4 Å². The Bertz CT molecular complexity index is 1620. The molecule has 0 radical (unpaired) electrons. The molecule has 12 nitrogen and oxygen atoms in total. The minimum absolute atomic E-state index is 0.0244. The summed E-state index contributed by atoms with van der Waals surface area (Å²) in [6, 6.07) is 6.11. The van der Waals surface area contributed by atoms with Crippen molar-refractivity contribution in [1.29, 1.82) is 0 Å². The van der Waals surface area contributed by atoms with Gasteiger partial charge in [0.25, 0.3) is 5.91 Å². The van der Waals surface area contributed by atoms with Crippen LogP contribution in [0.5, 0.6) is 11.5 Å². The number of rotatable bonds is 13. The molecule has 2 aromatic rings. The van der Waals surface area contributed by atoms with E-state index in [-0.39, 0.29) is 18.6 Å². The molecule has 14 heteroatoms. The first-order chi connectivity index (χ1) is 23.2. The Morgan fingerprint density at radius 2 is 1.84 bits per heavy atom. The average molecular weight is 714 g/mol. The van der Waals surface area contributed by atoms with Crippen LogP contribution < -0.4 is 20.5 Å². The van der Waals surface area contributed by atoms with Crippen molar-refractivity contribution in [2.75, 3.05) is 20.8 Å². The fourth-order valence-electron chi connectivity index (χ4n) is 6.64. The summed E-state index contributed by atoms with van der Waals surface area (Å²) in [4.78, 5) is 52.7. The number of nitrogens with two attached hydrogens (primary N) is 1. The number of esters is 1. The number of ether oxygens (including phenoxy) is 4. The third kappa shape index (κ3) is 8.96. The van der Waals surface area contributed by atoms with E-state index in [1.807, 2.05) is 18.2 Å². The highest BCUT2D eigenvalue weighted by Gasteiger charge is 2.48. The van der Waals surface area contributed by atoms with E-state index in [2.05, 4.69) is 5.32 Å². The van der Waals surface area contributed by atoms with E-state index in [4.69, 9.17) is 41.3 Å². The number of methoxy groups -OCH3 is 2. The SMILES string of the molecule is COc1cc(OC)cc(-c2cc(CCCOC(=O)C(CC(N)=O)NC(=O)OC(C)(C)C)c(C=C3SC(=S)N(C4CC5CCC4C5)C3=O)o2)c1. The van der Waals surface area contributed by atoms with Gasteiger partial charge in [-0.05, 0) is 88.5 Å². The molecule has 4 unspecified atom stereocenters. The molecule has 2 bridgehead atoms. The van der Waals surface area contributed by atoms with Crippen LogP contribution in [0, 0.1) is 11.8 Å². The molecule has 4 atom stereocenters. The molecule has 2 saturated carbocycles. The lowest BCUT2D eigenvalue weighted by Gasteiger charge is -2.30. The number of alkyl carbamates (subject to hydrolysis) is 1. The first kappa shape index (κ1) is 36.2. The van der Waals surface area contributed by atoms with Crippen molar-refractivity contribution < 1.29 is 42.5 Å². The third-order valence-electron chi connectivity index (χ3n) is 8.81. The second-order valence-corrected chi connectivity index (χ2v) is 15.2. The molecule has 5 rings (SSSR count). The third-order valence-corrected chi connectivity index (χ3v) is 10.1. The smallest absolute Gasteiger partial charge is 0.408 e. The highest BCUT2D eigenvalue weighted by atomic mass is 32.2. The van der Waals surface area contributed by atoms with Crippen LogP contribution in [0.3, 0.4) is 0 Å². The number of hydrogen-bond acceptors (Lipinski definition) is 11. The van der Waals surface area contributed by atoms with Crippen molar-refractivity contribution >= 4 is 58.3 Å². The van der Waals surface area contributed by atoms with E-state index >= 15 is 0 Å². The van der Waals surface area contributed by atoms with E-state index in [1.54, 1.807) is 52.0 Å². The predicted octanol–water partition coefficient (Wildman–Crippen LogP) is 5.60. The number of nitrogens with zero attached hydrogens (tertiary/aromatic N) is 1. The van der Waals surface area contributed by atoms with Crippen LogP contribution in [0.4, 0.5) is 4.79 Å². The van der Waals surface area contributed by atoms with Crippen LogP contribution in [0.15, 0.2) is 33.6 Å². The number of furan rings is 1. The summed E-state index contributed by atoms with van der Waals surface area (Å²) in [5.41, 5.74) is 5.98. The number of thiocarbonyl (C=S) groups is 1. The Morgan fingerprint density at radius 3 is 2.43 bits per heavy atom. The second kappa shape index (κ2) is 15.2. The number of thioether (sulfide) groups is 1. The van der Waals surface area contributed by atoms with Crippen molar-refractivity contribution in [3.05, 3.63) is 40.5 Å². The van der Waals surface area contributed by atoms with Gasteiger partial charge in [-0.25, -0.2) is 9.59 Å². The quantitative estimate of drug-likeness (QED) is 0.115. The molecule has 49 heavy (non-hydrogen) atoms. The Labute approximate surface area is 295 Å². The van der Waals surface area contributed by atoms with Gasteiger partial charge in [0.15, 0.2) is 0 Å². The number of hydrogen-bond donors (Lipinski definition) is 2. The topological polar surface area (TPSA) is 160 Å². The lowest BCUT2D eigenvalue weighted by molar-refractivity contribution is -0.147. The fraction of sp³-hybridized carbons (Fsp3) is 0.514. The number of aryl methyl sites for hydroxylation is 1. The zero-order valence-electron chi connectivity index (χ0n) is 28.4. The van der Waals surface area contributed by atoms with Crippen LogP contribution in [-0.4, -0.2) is 71.6 Å². The maximum absolute atomic E-state index is 13.7. The minimum Gasteiger partial charge on any atom is -0.497 e. The first-order valence-corrected chi connectivity index (χ1v) is 17.5. The van der Waals surface area contributed by atoms with E-state index in [9.17, 15) is 19.2 Å². The molecule has 1 saturated heterocycles. The summed E-state index contributed by atoms with van der Waals surface area (Å²) in [5, 5.41) is 2.36. The van der Waals surface area contributed by atoms with Gasteiger partial charge in [-0.1, -0.05) is 30.4 Å². The predicted molar refractivity (Wildman–Crippen MR) is 188 cm³/mol. The van der Waals surface area contributed by atoms with Crippen molar-refractivity contribution in [2.24, 2.45) is 17.6 Å². The fourth-order valence-corrected chi connectivity index (χ4v) is 7.99. The molecule has 0 spiro atoms. The molecule has 1 aromatic heterocycles. The zero-order valence-corrected chi connectivity index (χ0v) is 30.0. The van der Waals surface area contributed by atoms with Gasteiger partial charge in [-0.2, -0.15) is 0 Å². The summed E-state index contributed by atoms with van der Waals surface area (Å²) in [5.74, 6) is 1.62. The molecule has 3 fully saturated rings. The number of amides is 3. The van der Waals surface area contributed by atoms with E-state index in [0.29, 0.717) is 62.5 Å². The minimum atomic E-state index is -1.30. The maximum atomic E-state index is 13.7. The molecule has 2 heterocycles. The van der Waals surface area contributed by atoms with Crippen molar-refractivity contribution in [3.8, 4) is 22.8 Å². The number of carbonyl (C=O) groups excluding carboxylic acids is 4. The van der Waals surface area contributed by atoms with Crippen LogP contribution in [0.1, 0.15) is 70.6 Å². The van der Waals surface area contributed by atoms with Gasteiger partial charge in [0, 0.05) is 23.7 Å². The Morgan fingerprint density at radius 1 is 1.12 bits per heavy atom. The van der Waals surface area contributed by atoms with Crippen molar-refractivity contribution in [1.82, 2.24) is 10.2 Å². The van der Waals surface area contributed by atoms with Crippen LogP contribution in [-0.2, 0) is 30.3 Å². The standard InChI is InChI=1S/C35H43N3O9S2/c1-35(2,3)47-33(42)37-25(17-30(36)39)32(41)45-10-6-7-21-15-27(22-13-23(43-4)16-24(14-22)44-5)46-28(21)18-29-31(40)38(34(48)49-29)26-12-19-8-9-20(26)11-19/h13-16,18-20,25-26H,6-12,17H2,1-5H3,(H2,36,39)(H,37,42). The molecule has 2 aliphatic carbocycles. The highest BCUT2D eigenvalue weighted by Crippen LogP contribution is 2.49. The van der Waals surface area contributed by atoms with Gasteiger partial charge in [0.2, 0.25) is 5.91 Å². The average Bonchev–Trinajstić information content (AvgIpc) is 3.82.